The molecule has 0 spiro atoms. The first-order chi connectivity index (χ1) is 9.97. The molecular formula is C17H23NO3. The lowest BCUT2D eigenvalue weighted by molar-refractivity contribution is -0.149. The van der Waals surface area contributed by atoms with Gasteiger partial charge in [0.05, 0.1) is 12.6 Å². The zero-order valence-corrected chi connectivity index (χ0v) is 12.7. The topological polar surface area (TPSA) is 57.6 Å². The maximum atomic E-state index is 11.7. The first-order valence-electron chi connectivity index (χ1n) is 7.57. The molecular weight excluding hydrogens is 266 g/mol. The van der Waals surface area contributed by atoms with Gasteiger partial charge in [0.1, 0.15) is 0 Å². The normalized spacial score (nSPS) is 17.4. The highest BCUT2D eigenvalue weighted by Crippen LogP contribution is 2.20. The smallest absolute Gasteiger partial charge is 0.229 e. The van der Waals surface area contributed by atoms with Crippen LogP contribution in [0.3, 0.4) is 0 Å². The molecule has 0 aliphatic carbocycles. The van der Waals surface area contributed by atoms with Gasteiger partial charge in [0.15, 0.2) is 0 Å². The van der Waals surface area contributed by atoms with E-state index >= 15 is 0 Å². The number of rotatable bonds is 5. The summed E-state index contributed by atoms with van der Waals surface area (Å²) in [6.45, 7) is 4.38. The van der Waals surface area contributed by atoms with E-state index in [0.29, 0.717) is 25.2 Å². The van der Waals surface area contributed by atoms with Crippen molar-refractivity contribution in [2.24, 2.45) is 5.92 Å². The van der Waals surface area contributed by atoms with Crippen molar-refractivity contribution in [3.8, 4) is 0 Å². The molecule has 1 aliphatic heterocycles. The van der Waals surface area contributed by atoms with Crippen LogP contribution in [-0.4, -0.2) is 28.4 Å². The lowest BCUT2D eigenvalue weighted by atomic mass is 9.99. The van der Waals surface area contributed by atoms with Crippen molar-refractivity contribution in [1.82, 2.24) is 4.90 Å². The number of aliphatic hydroxyl groups is 1. The van der Waals surface area contributed by atoms with Gasteiger partial charge in [-0.25, -0.2) is 0 Å². The molecule has 2 rings (SSSR count). The van der Waals surface area contributed by atoms with Gasteiger partial charge in [0.25, 0.3) is 0 Å². The lowest BCUT2D eigenvalue weighted by Crippen LogP contribution is -2.42. The van der Waals surface area contributed by atoms with Gasteiger partial charge in [0.2, 0.25) is 11.8 Å². The SMILES string of the molecule is CC(C)Cc1ccc(C(O)CN2C(=O)CCCC2=O)cc1. The third-order valence-corrected chi connectivity index (χ3v) is 3.75. The molecule has 0 bridgehead atoms. The number of hydrogen-bond acceptors (Lipinski definition) is 3. The number of nitrogens with zero attached hydrogens (tertiary/aromatic N) is 1. The van der Waals surface area contributed by atoms with Crippen molar-refractivity contribution in [1.29, 1.82) is 0 Å². The molecule has 1 saturated heterocycles. The second-order valence-electron chi connectivity index (χ2n) is 6.11. The summed E-state index contributed by atoms with van der Waals surface area (Å²) in [7, 11) is 0. The maximum Gasteiger partial charge on any atom is 0.229 e. The minimum Gasteiger partial charge on any atom is -0.387 e. The van der Waals surface area contributed by atoms with Crippen molar-refractivity contribution in [2.75, 3.05) is 6.54 Å². The van der Waals surface area contributed by atoms with Crippen LogP contribution in [0.1, 0.15) is 50.3 Å². The molecule has 1 aromatic rings. The highest BCUT2D eigenvalue weighted by atomic mass is 16.3. The summed E-state index contributed by atoms with van der Waals surface area (Å²) in [4.78, 5) is 24.7. The number of likely N-dealkylation sites (tertiary alicyclic amines) is 1. The number of amides is 2. The summed E-state index contributed by atoms with van der Waals surface area (Å²) in [5, 5.41) is 10.2. The van der Waals surface area contributed by atoms with Gasteiger partial charge in [0, 0.05) is 12.8 Å². The Labute approximate surface area is 125 Å². The van der Waals surface area contributed by atoms with Crippen LogP contribution in [0, 0.1) is 5.92 Å². The summed E-state index contributed by atoms with van der Waals surface area (Å²) >= 11 is 0. The monoisotopic (exact) mass is 289 g/mol. The Morgan fingerprint density at radius 1 is 1.10 bits per heavy atom. The lowest BCUT2D eigenvalue weighted by Gasteiger charge is -2.27. The van der Waals surface area contributed by atoms with Crippen LogP contribution in [0.5, 0.6) is 0 Å². The summed E-state index contributed by atoms with van der Waals surface area (Å²) in [5.74, 6) is 0.229. The fourth-order valence-corrected chi connectivity index (χ4v) is 2.63. The van der Waals surface area contributed by atoms with Crippen LogP contribution < -0.4 is 0 Å². The van der Waals surface area contributed by atoms with Gasteiger partial charge in [-0.3, -0.25) is 14.5 Å². The fraction of sp³-hybridized carbons (Fsp3) is 0.529. The molecule has 21 heavy (non-hydrogen) atoms. The third kappa shape index (κ3) is 4.14. The molecule has 1 aliphatic rings. The average molecular weight is 289 g/mol. The van der Waals surface area contributed by atoms with E-state index in [1.165, 1.54) is 10.5 Å². The van der Waals surface area contributed by atoms with Crippen LogP contribution in [0.25, 0.3) is 0 Å². The molecule has 114 valence electrons. The van der Waals surface area contributed by atoms with Crippen molar-refractivity contribution in [3.63, 3.8) is 0 Å². The zero-order valence-electron chi connectivity index (χ0n) is 12.7. The summed E-state index contributed by atoms with van der Waals surface area (Å²) in [5.41, 5.74) is 1.97. The van der Waals surface area contributed by atoms with E-state index < -0.39 is 6.10 Å². The standard InChI is InChI=1S/C17H23NO3/c1-12(2)10-13-6-8-14(9-7-13)15(19)11-18-16(20)4-3-5-17(18)21/h6-9,12,15,19H,3-5,10-11H2,1-2H3. The number of carbonyl (C=O) groups excluding carboxylic acids is 2. The number of hydrogen-bond donors (Lipinski definition) is 1. The Kier molecular flexibility index (Phi) is 5.12. The first kappa shape index (κ1) is 15.7. The van der Waals surface area contributed by atoms with E-state index in [4.69, 9.17) is 0 Å². The summed E-state index contributed by atoms with van der Waals surface area (Å²) < 4.78 is 0. The Morgan fingerprint density at radius 2 is 1.67 bits per heavy atom. The molecule has 0 radical (unpaired) electrons. The highest BCUT2D eigenvalue weighted by molar-refractivity contribution is 5.97. The quantitative estimate of drug-likeness (QED) is 0.847. The van der Waals surface area contributed by atoms with Gasteiger partial charge in [-0.15, -0.1) is 0 Å². The molecule has 1 fully saturated rings. The average Bonchev–Trinajstić information content (AvgIpc) is 2.43. The molecule has 1 unspecified atom stereocenters. The Bertz CT molecular complexity index is 491. The first-order valence-corrected chi connectivity index (χ1v) is 7.57. The van der Waals surface area contributed by atoms with Crippen LogP contribution in [0.2, 0.25) is 0 Å². The molecule has 0 aromatic heterocycles. The number of imide groups is 1. The number of benzene rings is 1. The minimum atomic E-state index is -0.816. The molecule has 1 aromatic carbocycles. The number of β-amino-alcohol motifs (C(OH)–C–C–N with tert-alkyl or cyclic N) is 1. The molecule has 0 saturated carbocycles. The maximum absolute atomic E-state index is 11.7. The van der Waals surface area contributed by atoms with Crippen LogP contribution in [-0.2, 0) is 16.0 Å². The molecule has 4 nitrogen and oxygen atoms in total. The second-order valence-corrected chi connectivity index (χ2v) is 6.11. The number of piperidine rings is 1. The number of aliphatic hydroxyl groups excluding tert-OH is 1. The van der Waals surface area contributed by atoms with E-state index in [9.17, 15) is 14.7 Å². The predicted octanol–water partition coefficient (Wildman–Crippen LogP) is 2.46. The van der Waals surface area contributed by atoms with Gasteiger partial charge in [-0.2, -0.15) is 0 Å². The molecule has 1 atom stereocenters. The van der Waals surface area contributed by atoms with Gasteiger partial charge >= 0.3 is 0 Å². The van der Waals surface area contributed by atoms with Crippen molar-refractivity contribution >= 4 is 11.8 Å². The molecule has 2 amide bonds. The van der Waals surface area contributed by atoms with E-state index in [1.54, 1.807) is 0 Å². The summed E-state index contributed by atoms with van der Waals surface area (Å²) in [6.07, 6.45) is 1.59. The van der Waals surface area contributed by atoms with Crippen molar-refractivity contribution in [3.05, 3.63) is 35.4 Å². The predicted molar refractivity (Wildman–Crippen MR) is 80.5 cm³/mol. The van der Waals surface area contributed by atoms with Crippen LogP contribution in [0.15, 0.2) is 24.3 Å². The van der Waals surface area contributed by atoms with Gasteiger partial charge in [-0.05, 0) is 29.9 Å². The minimum absolute atomic E-state index is 0.0567. The highest BCUT2D eigenvalue weighted by Gasteiger charge is 2.28. The van der Waals surface area contributed by atoms with E-state index in [2.05, 4.69) is 13.8 Å². The Balaban J connectivity index is 2.00. The van der Waals surface area contributed by atoms with Crippen molar-refractivity contribution in [2.45, 2.75) is 45.6 Å². The van der Waals surface area contributed by atoms with Crippen LogP contribution in [0.4, 0.5) is 0 Å². The van der Waals surface area contributed by atoms with E-state index in [-0.39, 0.29) is 18.4 Å². The van der Waals surface area contributed by atoms with Gasteiger partial charge in [-0.1, -0.05) is 38.1 Å². The Morgan fingerprint density at radius 3 is 2.19 bits per heavy atom. The largest absolute Gasteiger partial charge is 0.387 e. The fourth-order valence-electron chi connectivity index (χ4n) is 2.63. The second kappa shape index (κ2) is 6.85. The van der Waals surface area contributed by atoms with Crippen LogP contribution >= 0.6 is 0 Å². The number of carbonyl (C=O) groups is 2. The molecule has 1 N–H and O–H groups in total. The summed E-state index contributed by atoms with van der Waals surface area (Å²) in [6, 6.07) is 7.75. The van der Waals surface area contributed by atoms with E-state index in [0.717, 1.165) is 12.0 Å². The third-order valence-electron chi connectivity index (χ3n) is 3.75. The molecule has 1 heterocycles. The Hall–Kier alpha value is -1.68. The van der Waals surface area contributed by atoms with E-state index in [1.807, 2.05) is 24.3 Å². The molecule has 4 heteroatoms. The zero-order chi connectivity index (χ0) is 15.4. The van der Waals surface area contributed by atoms with Gasteiger partial charge < -0.3 is 5.11 Å². The van der Waals surface area contributed by atoms with Crippen molar-refractivity contribution < 1.29 is 14.7 Å².